The minimum Gasteiger partial charge on any atom is -0.512 e. The fraction of sp³-hybridized carbons (Fsp3) is 0.400. The summed E-state index contributed by atoms with van der Waals surface area (Å²) >= 11 is 0. The molecule has 1 unspecified atom stereocenters. The van der Waals surface area contributed by atoms with E-state index in [0.29, 0.717) is 19.1 Å². The summed E-state index contributed by atoms with van der Waals surface area (Å²) in [5.74, 6) is 1.05. The summed E-state index contributed by atoms with van der Waals surface area (Å²) < 4.78 is 0. The zero-order valence-corrected chi connectivity index (χ0v) is 22.1. The van der Waals surface area contributed by atoms with E-state index in [1.165, 1.54) is 12.0 Å². The minimum absolute atomic E-state index is 0.238. The predicted molar refractivity (Wildman–Crippen MR) is 153 cm³/mol. The highest BCUT2D eigenvalue weighted by atomic mass is 16.3. The van der Waals surface area contributed by atoms with Crippen molar-refractivity contribution in [3.8, 4) is 11.1 Å². The van der Waals surface area contributed by atoms with Crippen molar-refractivity contribution in [1.29, 1.82) is 0 Å². The standard InChI is InChI=1S/C30H39N7O/c1-23(38)21-35-14-16-36(17-15-35)22-24-4-2-5-27(18-24)34-30-19-25(9-11-32-30)26-7-8-28(33-20-26)29-6-3-12-37(29)13-10-31/h2,4-5,7-9,11,18-20,29,38H,1,3,6,10,12-17,21-22,31H2,(H,32,34). The van der Waals surface area contributed by atoms with Crippen LogP contribution in [0, 0.1) is 0 Å². The monoisotopic (exact) mass is 513 g/mol. The average Bonchev–Trinajstić information content (AvgIpc) is 3.39. The summed E-state index contributed by atoms with van der Waals surface area (Å²) in [5, 5.41) is 12.9. The van der Waals surface area contributed by atoms with Crippen LogP contribution in [0.4, 0.5) is 11.5 Å². The smallest absolute Gasteiger partial charge is 0.130 e. The maximum Gasteiger partial charge on any atom is 0.130 e. The van der Waals surface area contributed by atoms with Gasteiger partial charge in [-0.3, -0.25) is 19.7 Å². The number of benzene rings is 1. The third kappa shape index (κ3) is 6.76. The molecule has 3 aromatic rings. The Hall–Kier alpha value is -3.30. The highest BCUT2D eigenvalue weighted by Crippen LogP contribution is 2.31. The number of nitrogens with one attached hydrogen (secondary N) is 1. The number of aromatic nitrogens is 2. The van der Waals surface area contributed by atoms with Gasteiger partial charge in [0.1, 0.15) is 5.82 Å². The van der Waals surface area contributed by atoms with Crippen molar-refractivity contribution in [2.45, 2.75) is 25.4 Å². The van der Waals surface area contributed by atoms with Gasteiger partial charge in [0.05, 0.1) is 24.0 Å². The second-order valence-electron chi connectivity index (χ2n) is 10.3. The summed E-state index contributed by atoms with van der Waals surface area (Å²) in [6.45, 7) is 11.6. The molecule has 0 amide bonds. The summed E-state index contributed by atoms with van der Waals surface area (Å²) in [6, 6.07) is 17.3. The van der Waals surface area contributed by atoms with Crippen LogP contribution in [0.5, 0.6) is 0 Å². The molecule has 38 heavy (non-hydrogen) atoms. The topological polar surface area (TPSA) is 93.8 Å². The lowest BCUT2D eigenvalue weighted by molar-refractivity contribution is 0.125. The third-order valence-corrected chi connectivity index (χ3v) is 7.48. The minimum atomic E-state index is 0.238. The lowest BCUT2D eigenvalue weighted by atomic mass is 10.1. The first-order valence-electron chi connectivity index (χ1n) is 13.6. The van der Waals surface area contributed by atoms with Crippen molar-refractivity contribution in [3.05, 3.63) is 84.5 Å². The van der Waals surface area contributed by atoms with Crippen LogP contribution in [0.3, 0.4) is 0 Å². The maximum absolute atomic E-state index is 9.45. The first-order valence-corrected chi connectivity index (χ1v) is 13.6. The van der Waals surface area contributed by atoms with Crippen LogP contribution in [-0.4, -0.2) is 82.1 Å². The second kappa shape index (κ2) is 12.5. The Morgan fingerprint density at radius 3 is 2.61 bits per heavy atom. The number of likely N-dealkylation sites (tertiary alicyclic amines) is 1. The van der Waals surface area contributed by atoms with Crippen molar-refractivity contribution in [3.63, 3.8) is 0 Å². The van der Waals surface area contributed by atoms with E-state index in [9.17, 15) is 5.11 Å². The van der Waals surface area contributed by atoms with E-state index in [1.54, 1.807) is 0 Å². The first kappa shape index (κ1) is 26.3. The highest BCUT2D eigenvalue weighted by molar-refractivity contribution is 5.68. The van der Waals surface area contributed by atoms with E-state index in [-0.39, 0.29) is 5.76 Å². The third-order valence-electron chi connectivity index (χ3n) is 7.48. The molecule has 5 rings (SSSR count). The molecule has 2 saturated heterocycles. The van der Waals surface area contributed by atoms with E-state index in [2.05, 4.69) is 74.0 Å². The van der Waals surface area contributed by atoms with Crippen LogP contribution in [0.1, 0.15) is 30.1 Å². The molecular formula is C30H39N7O. The number of pyridine rings is 2. The van der Waals surface area contributed by atoms with E-state index >= 15 is 0 Å². The van der Waals surface area contributed by atoms with Crippen LogP contribution >= 0.6 is 0 Å². The molecule has 0 spiro atoms. The first-order chi connectivity index (χ1) is 18.6. The molecule has 2 aliphatic rings. The van der Waals surface area contributed by atoms with Gasteiger partial charge in [0, 0.05) is 69.5 Å². The number of piperazine rings is 1. The molecule has 0 radical (unpaired) electrons. The van der Waals surface area contributed by atoms with Crippen LogP contribution in [0.25, 0.3) is 11.1 Å². The molecule has 2 aromatic heterocycles. The van der Waals surface area contributed by atoms with Crippen molar-refractivity contribution < 1.29 is 5.11 Å². The molecule has 2 fully saturated rings. The molecule has 1 atom stereocenters. The molecule has 2 aliphatic heterocycles. The average molecular weight is 514 g/mol. The maximum atomic E-state index is 9.45. The Morgan fingerprint density at radius 2 is 1.84 bits per heavy atom. The number of hydrogen-bond donors (Lipinski definition) is 3. The Bertz CT molecular complexity index is 1210. The number of rotatable bonds is 10. The fourth-order valence-corrected chi connectivity index (χ4v) is 5.56. The molecule has 4 N–H and O–H groups in total. The molecule has 8 nitrogen and oxygen atoms in total. The normalized spacial score (nSPS) is 19.0. The Balaban J connectivity index is 1.20. The largest absolute Gasteiger partial charge is 0.512 e. The van der Waals surface area contributed by atoms with Gasteiger partial charge in [0.25, 0.3) is 0 Å². The van der Waals surface area contributed by atoms with Gasteiger partial charge < -0.3 is 16.2 Å². The van der Waals surface area contributed by atoms with Gasteiger partial charge in [0.2, 0.25) is 0 Å². The molecule has 0 bridgehead atoms. The number of anilines is 2. The number of nitrogens with two attached hydrogens (primary N) is 1. The van der Waals surface area contributed by atoms with Crippen LogP contribution in [0.15, 0.2) is 73.3 Å². The number of aliphatic hydroxyl groups excluding tert-OH is 1. The zero-order valence-electron chi connectivity index (χ0n) is 22.1. The van der Waals surface area contributed by atoms with E-state index in [0.717, 1.165) is 80.6 Å². The van der Waals surface area contributed by atoms with E-state index in [4.69, 9.17) is 10.7 Å². The lowest BCUT2D eigenvalue weighted by Gasteiger charge is -2.34. The zero-order chi connectivity index (χ0) is 26.3. The molecule has 200 valence electrons. The Morgan fingerprint density at radius 1 is 1.00 bits per heavy atom. The number of hydrogen-bond acceptors (Lipinski definition) is 8. The number of aliphatic hydroxyl groups is 1. The summed E-state index contributed by atoms with van der Waals surface area (Å²) in [4.78, 5) is 16.5. The van der Waals surface area contributed by atoms with Gasteiger partial charge in [-0.05, 0) is 60.8 Å². The molecule has 4 heterocycles. The van der Waals surface area contributed by atoms with Crippen LogP contribution in [-0.2, 0) is 6.54 Å². The van der Waals surface area contributed by atoms with Gasteiger partial charge >= 0.3 is 0 Å². The van der Waals surface area contributed by atoms with Gasteiger partial charge in [0.15, 0.2) is 0 Å². The molecule has 8 heteroatoms. The van der Waals surface area contributed by atoms with Gasteiger partial charge in [-0.1, -0.05) is 24.8 Å². The van der Waals surface area contributed by atoms with Gasteiger partial charge in [-0.2, -0.15) is 0 Å². The SMILES string of the molecule is C=C(O)CN1CCN(Cc2cccc(Nc3cc(-c4ccc(C5CCCN5CCN)nc4)ccn3)c2)CC1. The van der Waals surface area contributed by atoms with Crippen LogP contribution < -0.4 is 11.1 Å². The van der Waals surface area contributed by atoms with Crippen LogP contribution in [0.2, 0.25) is 0 Å². The Kier molecular flexibility index (Phi) is 8.65. The highest BCUT2D eigenvalue weighted by Gasteiger charge is 2.26. The lowest BCUT2D eigenvalue weighted by Crippen LogP contribution is -2.46. The molecule has 0 saturated carbocycles. The summed E-state index contributed by atoms with van der Waals surface area (Å²) in [7, 11) is 0. The molecule has 0 aliphatic carbocycles. The number of nitrogens with zero attached hydrogens (tertiary/aromatic N) is 5. The Labute approximate surface area is 225 Å². The van der Waals surface area contributed by atoms with Gasteiger partial charge in [-0.15, -0.1) is 0 Å². The predicted octanol–water partition coefficient (Wildman–Crippen LogP) is 4.17. The van der Waals surface area contributed by atoms with E-state index < -0.39 is 0 Å². The second-order valence-corrected chi connectivity index (χ2v) is 10.3. The summed E-state index contributed by atoms with van der Waals surface area (Å²) in [6.07, 6.45) is 6.16. The van der Waals surface area contributed by atoms with Crippen molar-refractivity contribution in [2.75, 3.05) is 57.7 Å². The summed E-state index contributed by atoms with van der Waals surface area (Å²) in [5.41, 5.74) is 11.4. The van der Waals surface area contributed by atoms with Crippen molar-refractivity contribution in [1.82, 2.24) is 24.7 Å². The van der Waals surface area contributed by atoms with Crippen molar-refractivity contribution in [2.24, 2.45) is 5.73 Å². The van der Waals surface area contributed by atoms with Crippen molar-refractivity contribution >= 4 is 11.5 Å². The quantitative estimate of drug-likeness (QED) is 0.348. The molecular weight excluding hydrogens is 474 g/mol. The molecule has 1 aromatic carbocycles. The fourth-order valence-electron chi connectivity index (χ4n) is 5.56. The van der Waals surface area contributed by atoms with Gasteiger partial charge in [-0.25, -0.2) is 4.98 Å². The van der Waals surface area contributed by atoms with E-state index in [1.807, 2.05) is 18.5 Å².